The van der Waals surface area contributed by atoms with Crippen LogP contribution in [0.5, 0.6) is 23.0 Å². The van der Waals surface area contributed by atoms with Gasteiger partial charge in [-0.1, -0.05) is 61.4 Å². The van der Waals surface area contributed by atoms with Crippen LogP contribution < -0.4 is 18.9 Å². The number of fused-ring (bicyclic) bond motifs is 16. The Labute approximate surface area is 363 Å². The molecule has 7 aliphatic rings. The van der Waals surface area contributed by atoms with Gasteiger partial charge in [-0.15, -0.1) is 0 Å². The van der Waals surface area contributed by atoms with E-state index in [0.717, 1.165) is 87.2 Å². The lowest BCUT2D eigenvalue weighted by molar-refractivity contribution is 0.00476. The van der Waals surface area contributed by atoms with Crippen molar-refractivity contribution in [1.29, 1.82) is 0 Å². The van der Waals surface area contributed by atoms with Crippen LogP contribution >= 0.6 is 0 Å². The third kappa shape index (κ3) is 8.56. The van der Waals surface area contributed by atoms with Crippen LogP contribution in [0.2, 0.25) is 0 Å². The monoisotopic (exact) mass is 826 g/mol. The highest BCUT2D eigenvalue weighted by Crippen LogP contribution is 2.58. The average Bonchev–Trinajstić information content (AvgIpc) is 3.22. The first-order valence-corrected chi connectivity index (χ1v) is 23.8. The molecule has 0 N–H and O–H groups in total. The topological polar surface area (TPSA) is 64.6 Å². The molecule has 14 bridgehead atoms. The molecule has 0 spiro atoms. The van der Waals surface area contributed by atoms with Crippen molar-refractivity contribution in [1.82, 2.24) is 0 Å². The van der Waals surface area contributed by atoms with E-state index in [1.807, 2.05) is 14.2 Å². The maximum Gasteiger partial charge on any atom is 0.126 e. The zero-order valence-corrected chi connectivity index (χ0v) is 36.8. The molecule has 7 nitrogen and oxygen atoms in total. The van der Waals surface area contributed by atoms with Gasteiger partial charge in [-0.25, -0.2) is 0 Å². The van der Waals surface area contributed by atoms with Crippen LogP contribution in [0.4, 0.5) is 0 Å². The molecule has 2 saturated carbocycles. The van der Waals surface area contributed by atoms with Gasteiger partial charge in [0.15, 0.2) is 0 Å². The van der Waals surface area contributed by atoms with Gasteiger partial charge in [-0.3, -0.25) is 0 Å². The van der Waals surface area contributed by atoms with E-state index in [-0.39, 0.29) is 0 Å². The van der Waals surface area contributed by atoms with Crippen LogP contribution in [0.1, 0.15) is 155 Å². The first-order valence-electron chi connectivity index (χ1n) is 23.8. The Morgan fingerprint density at radius 2 is 0.705 bits per heavy atom. The fraction of sp³-hybridized carbons (Fsp3) is 0.556. The fourth-order valence-corrected chi connectivity index (χ4v) is 11.7. The Balaban J connectivity index is 1.25. The summed E-state index contributed by atoms with van der Waals surface area (Å²) in [5, 5.41) is 0. The number of rotatable bonds is 2. The fourth-order valence-electron chi connectivity index (χ4n) is 11.7. The second-order valence-electron chi connectivity index (χ2n) is 18.7. The van der Waals surface area contributed by atoms with E-state index in [1.54, 1.807) is 0 Å². The molecule has 4 aromatic rings. The predicted octanol–water partition coefficient (Wildman–Crippen LogP) is 10.9. The van der Waals surface area contributed by atoms with Gasteiger partial charge in [-0.2, -0.15) is 0 Å². The van der Waals surface area contributed by atoms with Gasteiger partial charge in [-0.05, 0) is 167 Å². The molecule has 5 aliphatic carbocycles. The smallest absolute Gasteiger partial charge is 0.126 e. The van der Waals surface area contributed by atoms with E-state index in [1.165, 1.54) is 105 Å². The van der Waals surface area contributed by atoms with Gasteiger partial charge >= 0.3 is 0 Å². The van der Waals surface area contributed by atoms with Gasteiger partial charge < -0.3 is 33.2 Å². The van der Waals surface area contributed by atoms with Gasteiger partial charge in [0, 0.05) is 12.8 Å². The molecule has 324 valence electrons. The summed E-state index contributed by atoms with van der Waals surface area (Å²) in [4.78, 5) is 0. The minimum absolute atomic E-state index is 0.323. The molecular formula is C54H66O7. The van der Waals surface area contributed by atoms with Crippen LogP contribution in [0.25, 0.3) is 0 Å². The molecule has 4 atom stereocenters. The molecule has 2 fully saturated rings. The van der Waals surface area contributed by atoms with Crippen LogP contribution in [-0.2, 0) is 52.7 Å². The Morgan fingerprint density at radius 1 is 0.377 bits per heavy atom. The van der Waals surface area contributed by atoms with Crippen LogP contribution in [0, 0.1) is 0 Å². The molecule has 61 heavy (non-hydrogen) atoms. The minimum Gasteiger partial charge on any atom is -0.496 e. The highest BCUT2D eigenvalue weighted by atomic mass is 16.6. The van der Waals surface area contributed by atoms with E-state index in [4.69, 9.17) is 33.2 Å². The summed E-state index contributed by atoms with van der Waals surface area (Å²) in [7, 11) is 3.79. The van der Waals surface area contributed by atoms with Crippen molar-refractivity contribution >= 4 is 0 Å². The molecule has 4 aromatic carbocycles. The van der Waals surface area contributed by atoms with Gasteiger partial charge in [0.25, 0.3) is 0 Å². The van der Waals surface area contributed by atoms with Crippen molar-refractivity contribution in [2.45, 2.75) is 126 Å². The lowest BCUT2D eigenvalue weighted by atomic mass is 9.64. The standard InChI is InChI=1S/C54H66O7/c1-55-51-39-25-35-9-5-3-7-12-38-28-42-34-40-26-36-10-6-4-8-11-37-27-41(33-39)53(50(32-37)46-16-14-44(46)48(30-36)52(40)56-2)60-23-21-58-19-17-57-18-20-59-22-24-61-54(42)49(31-38)45-15-13-43(45)47(51)29-35/h25-32,43-46H,3-24,33-34H2,1-2H3/t43-,44-,45+,46+/m1/s1. The zero-order valence-electron chi connectivity index (χ0n) is 36.8. The minimum atomic E-state index is 0.323. The Hall–Kier alpha value is -4.04. The third-order valence-corrected chi connectivity index (χ3v) is 14.9. The summed E-state index contributed by atoms with van der Waals surface area (Å²) in [6.07, 6.45) is 17.4. The highest BCUT2D eigenvalue weighted by molar-refractivity contribution is 5.59. The van der Waals surface area contributed by atoms with Crippen LogP contribution in [0.15, 0.2) is 48.5 Å². The van der Waals surface area contributed by atoms with Crippen molar-refractivity contribution in [2.24, 2.45) is 0 Å². The van der Waals surface area contributed by atoms with Crippen molar-refractivity contribution in [2.75, 3.05) is 67.1 Å². The normalized spacial score (nSPS) is 24.4. The number of methoxy groups -OCH3 is 2. The molecule has 7 heteroatoms. The first-order chi connectivity index (χ1) is 30.1. The highest BCUT2D eigenvalue weighted by Gasteiger charge is 2.41. The number of hydrogen-bond donors (Lipinski definition) is 0. The lowest BCUT2D eigenvalue weighted by Gasteiger charge is -2.41. The summed E-state index contributed by atoms with van der Waals surface area (Å²) in [6, 6.07) is 20.0. The predicted molar refractivity (Wildman–Crippen MR) is 240 cm³/mol. The number of ether oxygens (including phenoxy) is 7. The Kier molecular flexibility index (Phi) is 12.6. The quantitative estimate of drug-likeness (QED) is 0.187. The molecule has 0 radical (unpaired) electrons. The molecule has 11 rings (SSSR count). The maximum atomic E-state index is 7.06. The molecule has 2 heterocycles. The largest absolute Gasteiger partial charge is 0.496 e. The molecule has 0 unspecified atom stereocenters. The van der Waals surface area contributed by atoms with Crippen molar-refractivity contribution in [3.63, 3.8) is 0 Å². The summed E-state index contributed by atoms with van der Waals surface area (Å²) in [5.74, 6) is 5.52. The average molecular weight is 827 g/mol. The van der Waals surface area contributed by atoms with E-state index in [0.29, 0.717) is 76.5 Å². The number of hydrogen-bond acceptors (Lipinski definition) is 7. The summed E-state index contributed by atoms with van der Waals surface area (Å²) >= 11 is 0. The van der Waals surface area contributed by atoms with Crippen molar-refractivity contribution in [3.05, 3.63) is 115 Å². The van der Waals surface area contributed by atoms with Gasteiger partial charge in [0.05, 0.1) is 53.9 Å². The number of aryl methyl sites for hydroxylation is 4. The van der Waals surface area contributed by atoms with Crippen LogP contribution in [0.3, 0.4) is 0 Å². The SMILES string of the molecule is COc1c2cc3cc1[C@@H]1CC[C@@H]1c1cc(cc4c1OCCOCCOCCOCCOc1c(cc5cc1[C@H]1CC[C@H]1c1cc(cc(c1OC)C4)CCCCC5)C2)CCCCC3. The summed E-state index contributed by atoms with van der Waals surface area (Å²) in [6.45, 7) is 4.06. The third-order valence-electron chi connectivity index (χ3n) is 14.9. The zero-order chi connectivity index (χ0) is 41.1. The van der Waals surface area contributed by atoms with Gasteiger partial charge in [0.2, 0.25) is 0 Å². The van der Waals surface area contributed by atoms with Crippen molar-refractivity contribution < 1.29 is 33.2 Å². The maximum absolute atomic E-state index is 7.06. The van der Waals surface area contributed by atoms with Crippen LogP contribution in [-0.4, -0.2) is 67.1 Å². The molecule has 2 aliphatic heterocycles. The second-order valence-corrected chi connectivity index (χ2v) is 18.7. The lowest BCUT2D eigenvalue weighted by Crippen LogP contribution is -2.25. The second kappa shape index (κ2) is 18.7. The van der Waals surface area contributed by atoms with E-state index >= 15 is 0 Å². The molecule has 0 saturated heterocycles. The Bertz CT molecular complexity index is 2040. The molecular weight excluding hydrogens is 761 g/mol. The van der Waals surface area contributed by atoms with E-state index in [9.17, 15) is 0 Å². The van der Waals surface area contributed by atoms with E-state index in [2.05, 4.69) is 48.5 Å². The van der Waals surface area contributed by atoms with E-state index < -0.39 is 0 Å². The van der Waals surface area contributed by atoms with Gasteiger partial charge in [0.1, 0.15) is 36.2 Å². The Morgan fingerprint density at radius 3 is 1.07 bits per heavy atom. The molecule has 0 amide bonds. The van der Waals surface area contributed by atoms with Crippen molar-refractivity contribution in [3.8, 4) is 23.0 Å². The summed E-state index contributed by atoms with van der Waals surface area (Å²) < 4.78 is 45.4. The summed E-state index contributed by atoms with van der Waals surface area (Å²) in [5.41, 5.74) is 16.3. The number of benzene rings is 4. The molecule has 0 aromatic heterocycles. The first kappa shape index (κ1) is 41.0.